The summed E-state index contributed by atoms with van der Waals surface area (Å²) in [5.41, 5.74) is 2.01. The van der Waals surface area contributed by atoms with Crippen molar-refractivity contribution in [3.63, 3.8) is 0 Å². The van der Waals surface area contributed by atoms with Crippen molar-refractivity contribution in [3.05, 3.63) is 23.2 Å². The maximum absolute atomic E-state index is 12.6. The number of carbonyl (C=O) groups is 2. The zero-order valence-corrected chi connectivity index (χ0v) is 14.8. The van der Waals surface area contributed by atoms with Crippen molar-refractivity contribution in [2.24, 2.45) is 7.05 Å². The summed E-state index contributed by atoms with van der Waals surface area (Å²) in [5.74, 6) is 1.20. The topological polar surface area (TPSA) is 105 Å². The lowest BCUT2D eigenvalue weighted by Gasteiger charge is -2.17. The van der Waals surface area contributed by atoms with Crippen LogP contribution < -0.4 is 15.5 Å². The fourth-order valence-electron chi connectivity index (χ4n) is 3.02. The second-order valence-electron chi connectivity index (χ2n) is 6.12. The van der Waals surface area contributed by atoms with Crippen molar-refractivity contribution in [2.75, 3.05) is 16.8 Å². The van der Waals surface area contributed by atoms with Gasteiger partial charge in [-0.15, -0.1) is 0 Å². The van der Waals surface area contributed by atoms with Crippen molar-refractivity contribution in [2.45, 2.75) is 39.7 Å². The van der Waals surface area contributed by atoms with Crippen LogP contribution in [0.25, 0.3) is 0 Å². The molecule has 0 bridgehead atoms. The maximum atomic E-state index is 12.6. The molecule has 2 N–H and O–H groups in total. The Morgan fingerprint density at radius 2 is 2.20 bits per heavy atom. The first-order valence-corrected chi connectivity index (χ1v) is 8.25. The molecule has 1 aliphatic rings. The second-order valence-corrected chi connectivity index (χ2v) is 6.12. The van der Waals surface area contributed by atoms with E-state index in [9.17, 15) is 9.59 Å². The molecule has 0 aliphatic carbocycles. The van der Waals surface area contributed by atoms with Gasteiger partial charge in [0.15, 0.2) is 5.76 Å². The molecule has 9 heteroatoms. The molecule has 2 aromatic heterocycles. The number of carbonyl (C=O) groups excluding carboxylic acids is 2. The Bertz CT molecular complexity index is 809. The molecule has 3 rings (SSSR count). The van der Waals surface area contributed by atoms with Gasteiger partial charge in [0.05, 0.1) is 5.69 Å². The van der Waals surface area contributed by atoms with Crippen LogP contribution in [-0.2, 0) is 18.3 Å². The number of aromatic nitrogens is 3. The number of nitrogens with zero attached hydrogens (tertiary/aromatic N) is 4. The molecule has 0 spiro atoms. The molecule has 1 saturated heterocycles. The van der Waals surface area contributed by atoms with E-state index in [1.54, 1.807) is 23.6 Å². The zero-order valence-electron chi connectivity index (χ0n) is 14.8. The first-order chi connectivity index (χ1) is 11.9. The van der Waals surface area contributed by atoms with Gasteiger partial charge in [-0.05, 0) is 20.3 Å². The molecular formula is C16H22N6O3. The van der Waals surface area contributed by atoms with Gasteiger partial charge in [-0.2, -0.15) is 5.10 Å². The number of urea groups is 1. The molecule has 134 valence electrons. The van der Waals surface area contributed by atoms with Crippen LogP contribution in [0.1, 0.15) is 30.5 Å². The average molecular weight is 346 g/mol. The summed E-state index contributed by atoms with van der Waals surface area (Å²) in [6.45, 7) is 6.08. The van der Waals surface area contributed by atoms with Gasteiger partial charge < -0.3 is 15.2 Å². The van der Waals surface area contributed by atoms with Crippen LogP contribution in [0.15, 0.2) is 10.6 Å². The summed E-state index contributed by atoms with van der Waals surface area (Å²) in [7, 11) is 1.80. The molecule has 9 nitrogen and oxygen atoms in total. The van der Waals surface area contributed by atoms with Crippen molar-refractivity contribution >= 4 is 23.4 Å². The third kappa shape index (κ3) is 3.21. The number of anilines is 2. The van der Waals surface area contributed by atoms with Crippen LogP contribution >= 0.6 is 0 Å². The van der Waals surface area contributed by atoms with Gasteiger partial charge in [0.25, 0.3) is 5.91 Å². The summed E-state index contributed by atoms with van der Waals surface area (Å²) in [6, 6.07) is 0.844. The van der Waals surface area contributed by atoms with E-state index in [0.717, 1.165) is 11.5 Å². The first-order valence-electron chi connectivity index (χ1n) is 8.25. The van der Waals surface area contributed by atoms with Gasteiger partial charge in [0.2, 0.25) is 0 Å². The SMILES string of the molecule is CCc1onc(C)c1NC(=O)NC1CCN(c2cc(C)nn2C)C1=O. The molecule has 0 radical (unpaired) electrons. The van der Waals surface area contributed by atoms with Gasteiger partial charge in [-0.1, -0.05) is 12.1 Å². The lowest BCUT2D eigenvalue weighted by molar-refractivity contribution is -0.118. The lowest BCUT2D eigenvalue weighted by atomic mass is 10.2. The highest BCUT2D eigenvalue weighted by molar-refractivity contribution is 6.02. The van der Waals surface area contributed by atoms with Crippen LogP contribution in [0.3, 0.4) is 0 Å². The number of amides is 3. The number of rotatable bonds is 4. The van der Waals surface area contributed by atoms with E-state index in [1.165, 1.54) is 0 Å². The Hall–Kier alpha value is -2.84. The molecule has 1 atom stereocenters. The normalized spacial score (nSPS) is 17.2. The van der Waals surface area contributed by atoms with Crippen molar-refractivity contribution in [1.82, 2.24) is 20.3 Å². The minimum absolute atomic E-state index is 0.143. The van der Waals surface area contributed by atoms with E-state index < -0.39 is 12.1 Å². The Morgan fingerprint density at radius 3 is 2.84 bits per heavy atom. The van der Waals surface area contributed by atoms with Crippen LogP contribution in [0, 0.1) is 13.8 Å². The third-order valence-electron chi connectivity index (χ3n) is 4.26. The van der Waals surface area contributed by atoms with Gasteiger partial charge in [0.1, 0.15) is 23.2 Å². The van der Waals surface area contributed by atoms with E-state index in [-0.39, 0.29) is 5.91 Å². The lowest BCUT2D eigenvalue weighted by Crippen LogP contribution is -2.43. The van der Waals surface area contributed by atoms with Crippen LogP contribution in [0.5, 0.6) is 0 Å². The predicted molar refractivity (Wildman–Crippen MR) is 91.5 cm³/mol. The van der Waals surface area contributed by atoms with Gasteiger partial charge in [0, 0.05) is 26.1 Å². The molecule has 3 amide bonds. The quantitative estimate of drug-likeness (QED) is 0.873. The van der Waals surface area contributed by atoms with Crippen molar-refractivity contribution in [3.8, 4) is 0 Å². The van der Waals surface area contributed by atoms with Gasteiger partial charge in [-0.3, -0.25) is 14.4 Å². The maximum Gasteiger partial charge on any atom is 0.320 e. The van der Waals surface area contributed by atoms with Crippen LogP contribution in [0.4, 0.5) is 16.3 Å². The first kappa shape index (κ1) is 17.0. The highest BCUT2D eigenvalue weighted by Crippen LogP contribution is 2.23. The largest absolute Gasteiger partial charge is 0.359 e. The zero-order chi connectivity index (χ0) is 18.1. The molecule has 1 fully saturated rings. The molecule has 2 aromatic rings. The fourth-order valence-corrected chi connectivity index (χ4v) is 3.02. The highest BCUT2D eigenvalue weighted by atomic mass is 16.5. The summed E-state index contributed by atoms with van der Waals surface area (Å²) < 4.78 is 6.82. The Kier molecular flexibility index (Phi) is 4.47. The summed E-state index contributed by atoms with van der Waals surface area (Å²) in [4.78, 5) is 26.5. The van der Waals surface area contributed by atoms with E-state index in [1.807, 2.05) is 19.9 Å². The third-order valence-corrected chi connectivity index (χ3v) is 4.26. The minimum atomic E-state index is -0.569. The molecule has 1 aliphatic heterocycles. The van der Waals surface area contributed by atoms with E-state index in [2.05, 4.69) is 20.9 Å². The molecule has 0 saturated carbocycles. The molecule has 3 heterocycles. The van der Waals surface area contributed by atoms with Crippen LogP contribution in [-0.4, -0.2) is 39.5 Å². The van der Waals surface area contributed by atoms with Crippen molar-refractivity contribution < 1.29 is 14.1 Å². The number of nitrogens with one attached hydrogen (secondary N) is 2. The predicted octanol–water partition coefficient (Wildman–Crippen LogP) is 1.51. The molecular weight excluding hydrogens is 324 g/mol. The fraction of sp³-hybridized carbons (Fsp3) is 0.500. The molecule has 25 heavy (non-hydrogen) atoms. The van der Waals surface area contributed by atoms with Gasteiger partial charge in [-0.25, -0.2) is 4.79 Å². The Labute approximate surface area is 145 Å². The monoisotopic (exact) mass is 346 g/mol. The Morgan fingerprint density at radius 1 is 1.44 bits per heavy atom. The average Bonchev–Trinajstić information content (AvgIpc) is 3.19. The number of hydrogen-bond donors (Lipinski definition) is 2. The number of aryl methyl sites for hydroxylation is 4. The summed E-state index contributed by atoms with van der Waals surface area (Å²) in [6.07, 6.45) is 1.16. The van der Waals surface area contributed by atoms with E-state index in [4.69, 9.17) is 4.52 Å². The van der Waals surface area contributed by atoms with E-state index >= 15 is 0 Å². The smallest absolute Gasteiger partial charge is 0.320 e. The molecule has 1 unspecified atom stereocenters. The number of hydrogen-bond acceptors (Lipinski definition) is 5. The highest BCUT2D eigenvalue weighted by Gasteiger charge is 2.35. The van der Waals surface area contributed by atoms with Gasteiger partial charge >= 0.3 is 6.03 Å². The minimum Gasteiger partial charge on any atom is -0.359 e. The summed E-state index contributed by atoms with van der Waals surface area (Å²) >= 11 is 0. The molecule has 0 aromatic carbocycles. The summed E-state index contributed by atoms with van der Waals surface area (Å²) in [5, 5.41) is 13.6. The second kappa shape index (κ2) is 6.58. The van der Waals surface area contributed by atoms with Crippen LogP contribution in [0.2, 0.25) is 0 Å². The standard InChI is InChI=1S/C16H22N6O3/c1-5-12-14(10(3)20-25-12)18-16(24)17-11-6-7-22(15(11)23)13-8-9(2)19-21(13)4/h8,11H,5-7H2,1-4H3,(H2,17,18,24). The van der Waals surface area contributed by atoms with Crippen molar-refractivity contribution in [1.29, 1.82) is 0 Å². The van der Waals surface area contributed by atoms with E-state index in [0.29, 0.717) is 36.5 Å². The Balaban J connectivity index is 1.66.